The van der Waals surface area contributed by atoms with Gasteiger partial charge in [0.2, 0.25) is 5.78 Å². The summed E-state index contributed by atoms with van der Waals surface area (Å²) in [5.41, 5.74) is 1.37. The van der Waals surface area contributed by atoms with Gasteiger partial charge in [-0.15, -0.1) is 0 Å². The van der Waals surface area contributed by atoms with Crippen molar-refractivity contribution in [2.45, 2.75) is 58.5 Å². The smallest absolute Gasteiger partial charge is 0.303 e. The van der Waals surface area contributed by atoms with Gasteiger partial charge in [-0.3, -0.25) is 9.59 Å². The van der Waals surface area contributed by atoms with E-state index in [4.69, 9.17) is 4.74 Å². The maximum Gasteiger partial charge on any atom is 0.303 e. The van der Waals surface area contributed by atoms with Crippen LogP contribution in [0.15, 0.2) is 24.3 Å². The molecule has 0 unspecified atom stereocenters. The van der Waals surface area contributed by atoms with Crippen LogP contribution >= 0.6 is 0 Å². The molecule has 154 valence electrons. The first-order valence-electron chi connectivity index (χ1n) is 10.2. The maximum absolute atomic E-state index is 13.0. The summed E-state index contributed by atoms with van der Waals surface area (Å²) in [7, 11) is 0. The molecular formula is C24H28O5. The molecule has 0 aliphatic heterocycles. The van der Waals surface area contributed by atoms with Gasteiger partial charge in [0, 0.05) is 12.3 Å². The van der Waals surface area contributed by atoms with Crippen molar-refractivity contribution in [2.75, 3.05) is 6.61 Å². The fraction of sp³-hybridized carbons (Fsp3) is 0.500. The van der Waals surface area contributed by atoms with Gasteiger partial charge in [-0.25, -0.2) is 0 Å². The molecule has 2 aromatic rings. The summed E-state index contributed by atoms with van der Waals surface area (Å²) in [6, 6.07) is 7.64. The van der Waals surface area contributed by atoms with E-state index in [1.165, 1.54) is 18.1 Å². The van der Waals surface area contributed by atoms with Gasteiger partial charge in [0.25, 0.3) is 0 Å². The Morgan fingerprint density at radius 1 is 1.24 bits per heavy atom. The Kier molecular flexibility index (Phi) is 4.50. The van der Waals surface area contributed by atoms with Crippen molar-refractivity contribution in [2.24, 2.45) is 11.3 Å². The van der Waals surface area contributed by atoms with E-state index in [0.29, 0.717) is 12.8 Å². The van der Waals surface area contributed by atoms with Crippen LogP contribution in [0.5, 0.6) is 5.75 Å². The summed E-state index contributed by atoms with van der Waals surface area (Å²) < 4.78 is 4.94. The molecule has 0 radical (unpaired) electrons. The van der Waals surface area contributed by atoms with Gasteiger partial charge in [-0.2, -0.15) is 0 Å². The van der Waals surface area contributed by atoms with Gasteiger partial charge in [-0.1, -0.05) is 26.0 Å². The molecule has 1 fully saturated rings. The number of esters is 1. The molecule has 0 bridgehead atoms. The molecule has 2 aliphatic carbocycles. The standard InChI is InChI=1S/C24H28O5/c1-13-9-20-18(17-6-5-16(26)11-19(13)17)7-8-23(4)21(20)10-14(2)24(23,28)22(27)12-29-15(3)25/h5-6,9,11,14,21,26,28H,7-8,10,12H2,1-4H3/t14-,21+,23+,24+/m1/s1. The number of phenolic OH excluding ortho intramolecular Hbond substituents is 1. The second-order valence-corrected chi connectivity index (χ2v) is 9.07. The highest BCUT2D eigenvalue weighted by Crippen LogP contribution is 2.63. The minimum absolute atomic E-state index is 0.0458. The maximum atomic E-state index is 13.0. The number of carbonyl (C=O) groups excluding carboxylic acids is 2. The van der Waals surface area contributed by atoms with Crippen molar-refractivity contribution in [3.8, 4) is 5.75 Å². The van der Waals surface area contributed by atoms with Crippen LogP contribution in [0.25, 0.3) is 10.8 Å². The molecule has 2 aliphatic rings. The number of hydrogen-bond acceptors (Lipinski definition) is 5. The van der Waals surface area contributed by atoms with Crippen LogP contribution in [0, 0.1) is 18.3 Å². The zero-order valence-corrected chi connectivity index (χ0v) is 17.4. The first kappa shape index (κ1) is 19.9. The fourth-order valence-corrected chi connectivity index (χ4v) is 5.97. The third-order valence-electron chi connectivity index (χ3n) is 7.52. The highest BCUT2D eigenvalue weighted by Gasteiger charge is 2.65. The van der Waals surface area contributed by atoms with Crippen molar-refractivity contribution in [1.82, 2.24) is 0 Å². The zero-order valence-electron chi connectivity index (χ0n) is 17.4. The Morgan fingerprint density at radius 3 is 2.66 bits per heavy atom. The van der Waals surface area contributed by atoms with E-state index in [0.717, 1.165) is 22.8 Å². The number of fused-ring (bicyclic) bond motifs is 5. The first-order chi connectivity index (χ1) is 13.6. The molecule has 5 nitrogen and oxygen atoms in total. The molecule has 1 saturated carbocycles. The van der Waals surface area contributed by atoms with Crippen LogP contribution in [-0.4, -0.2) is 34.2 Å². The van der Waals surface area contributed by atoms with Gasteiger partial charge in [-0.05, 0) is 77.6 Å². The van der Waals surface area contributed by atoms with Crippen molar-refractivity contribution in [1.29, 1.82) is 0 Å². The first-order valence-corrected chi connectivity index (χ1v) is 10.2. The number of ketones is 1. The van der Waals surface area contributed by atoms with E-state index in [1.807, 2.05) is 26.8 Å². The average Bonchev–Trinajstić information content (AvgIpc) is 2.88. The molecule has 4 rings (SSSR count). The number of ether oxygens (including phenoxy) is 1. The Morgan fingerprint density at radius 2 is 1.97 bits per heavy atom. The molecule has 2 N–H and O–H groups in total. The fourth-order valence-electron chi connectivity index (χ4n) is 5.97. The van der Waals surface area contributed by atoms with Gasteiger partial charge in [0.05, 0.1) is 0 Å². The molecule has 4 atom stereocenters. The average molecular weight is 396 g/mol. The van der Waals surface area contributed by atoms with Crippen LogP contribution in [0.2, 0.25) is 0 Å². The highest BCUT2D eigenvalue weighted by atomic mass is 16.5. The highest BCUT2D eigenvalue weighted by molar-refractivity contribution is 5.93. The molecule has 0 heterocycles. The van der Waals surface area contributed by atoms with E-state index < -0.39 is 22.8 Å². The number of aryl methyl sites for hydroxylation is 2. The van der Waals surface area contributed by atoms with E-state index in [9.17, 15) is 19.8 Å². The van der Waals surface area contributed by atoms with Crippen LogP contribution < -0.4 is 0 Å². The van der Waals surface area contributed by atoms with Crippen molar-refractivity contribution in [3.05, 3.63) is 41.0 Å². The third-order valence-corrected chi connectivity index (χ3v) is 7.52. The van der Waals surface area contributed by atoms with Gasteiger partial charge in [0.15, 0.2) is 6.61 Å². The minimum atomic E-state index is -1.53. The van der Waals surface area contributed by atoms with E-state index in [-0.39, 0.29) is 24.2 Å². The van der Waals surface area contributed by atoms with Crippen molar-refractivity contribution < 1.29 is 24.5 Å². The number of phenols is 1. The van der Waals surface area contributed by atoms with Crippen LogP contribution in [0.1, 0.15) is 56.2 Å². The summed E-state index contributed by atoms with van der Waals surface area (Å²) in [4.78, 5) is 24.2. The molecule has 29 heavy (non-hydrogen) atoms. The lowest BCUT2D eigenvalue weighted by Gasteiger charge is -2.46. The third kappa shape index (κ3) is 2.71. The number of rotatable bonds is 3. The number of hydrogen-bond donors (Lipinski definition) is 2. The van der Waals surface area contributed by atoms with Crippen LogP contribution in [0.3, 0.4) is 0 Å². The Balaban J connectivity index is 1.82. The molecule has 0 spiro atoms. The lowest BCUT2D eigenvalue weighted by Crippen LogP contribution is -2.56. The van der Waals surface area contributed by atoms with E-state index >= 15 is 0 Å². The monoisotopic (exact) mass is 396 g/mol. The van der Waals surface area contributed by atoms with Crippen LogP contribution in [0.4, 0.5) is 0 Å². The Labute approximate surface area is 170 Å². The van der Waals surface area contributed by atoms with Gasteiger partial charge < -0.3 is 14.9 Å². The predicted octanol–water partition coefficient (Wildman–Crippen LogP) is 3.79. The molecule has 5 heteroatoms. The predicted molar refractivity (Wildman–Crippen MR) is 110 cm³/mol. The summed E-state index contributed by atoms with van der Waals surface area (Å²) >= 11 is 0. The Hall–Kier alpha value is -2.40. The summed E-state index contributed by atoms with van der Waals surface area (Å²) in [6.45, 7) is 6.83. The number of aliphatic hydroxyl groups is 1. The Bertz CT molecular complexity index is 1030. The van der Waals surface area contributed by atoms with Gasteiger partial charge in [0.1, 0.15) is 11.4 Å². The van der Waals surface area contributed by atoms with E-state index in [1.54, 1.807) is 12.1 Å². The van der Waals surface area contributed by atoms with E-state index in [2.05, 4.69) is 6.07 Å². The lowest BCUT2D eigenvalue weighted by atomic mass is 9.59. The summed E-state index contributed by atoms with van der Waals surface area (Å²) in [5.74, 6) is -0.863. The molecule has 2 aromatic carbocycles. The van der Waals surface area contributed by atoms with Crippen LogP contribution in [-0.2, 0) is 20.7 Å². The number of carbonyl (C=O) groups is 2. The lowest BCUT2D eigenvalue weighted by molar-refractivity contribution is -0.165. The zero-order chi connectivity index (χ0) is 21.1. The molecule has 0 aromatic heterocycles. The number of aromatic hydroxyl groups is 1. The van der Waals surface area contributed by atoms with Crippen molar-refractivity contribution >= 4 is 22.5 Å². The largest absolute Gasteiger partial charge is 0.508 e. The second kappa shape index (κ2) is 6.56. The summed E-state index contributed by atoms with van der Waals surface area (Å²) in [5, 5.41) is 23.7. The summed E-state index contributed by atoms with van der Waals surface area (Å²) in [6.07, 6.45) is 2.13. The molecular weight excluding hydrogens is 368 g/mol. The topological polar surface area (TPSA) is 83.8 Å². The molecule has 0 saturated heterocycles. The second-order valence-electron chi connectivity index (χ2n) is 9.07. The van der Waals surface area contributed by atoms with Crippen molar-refractivity contribution in [3.63, 3.8) is 0 Å². The quantitative estimate of drug-likeness (QED) is 0.771. The number of benzene rings is 2. The minimum Gasteiger partial charge on any atom is -0.508 e. The number of Topliss-reactive ketones (excluding diaryl/α,β-unsaturated/α-hetero) is 1. The SMILES string of the molecule is CC(=O)OCC(=O)[C@@]1(O)[C@H](C)C[C@H]2c3cc(C)c4cc(O)ccc4c3CC[C@@]21C. The normalized spacial score (nSPS) is 30.7. The molecule has 0 amide bonds. The van der Waals surface area contributed by atoms with Gasteiger partial charge >= 0.3 is 5.97 Å².